The Morgan fingerprint density at radius 1 is 1.26 bits per heavy atom. The molecule has 0 bridgehead atoms. The second-order valence-electron chi connectivity index (χ2n) is 6.90. The van der Waals surface area contributed by atoms with Gasteiger partial charge in [0, 0.05) is 20.6 Å². The second-order valence-corrected chi connectivity index (χ2v) is 7.85. The third-order valence-electron chi connectivity index (χ3n) is 4.02. The molecule has 0 atom stereocenters. The Morgan fingerprint density at radius 2 is 1.96 bits per heavy atom. The molecule has 0 aliphatic heterocycles. The van der Waals surface area contributed by atoms with Crippen molar-refractivity contribution in [1.29, 1.82) is 0 Å². The predicted molar refractivity (Wildman–Crippen MR) is 108 cm³/mol. The number of hydrogen-bond acceptors (Lipinski definition) is 5. The number of para-hydroxylation sites is 1. The lowest BCUT2D eigenvalue weighted by Gasteiger charge is -2.14. The molecule has 1 N–H and O–H groups in total. The van der Waals surface area contributed by atoms with Crippen LogP contribution in [0, 0.1) is 5.92 Å². The van der Waals surface area contributed by atoms with Crippen molar-refractivity contribution in [2.45, 2.75) is 32.0 Å². The van der Waals surface area contributed by atoms with Crippen LogP contribution in [0.5, 0.6) is 0 Å². The molecular formula is C19H26N4O3S. The number of benzene rings is 1. The van der Waals surface area contributed by atoms with Gasteiger partial charge in [0.2, 0.25) is 11.8 Å². The van der Waals surface area contributed by atoms with Crippen LogP contribution in [0.4, 0.5) is 0 Å². The van der Waals surface area contributed by atoms with Gasteiger partial charge in [-0.2, -0.15) is 0 Å². The van der Waals surface area contributed by atoms with Gasteiger partial charge < -0.3 is 10.2 Å². The number of hydrogen-bond donors (Lipinski definition) is 1. The van der Waals surface area contributed by atoms with Crippen LogP contribution in [0.3, 0.4) is 0 Å². The molecule has 27 heavy (non-hydrogen) atoms. The minimum absolute atomic E-state index is 0.0440. The van der Waals surface area contributed by atoms with Crippen LogP contribution in [0.15, 0.2) is 34.2 Å². The third kappa shape index (κ3) is 5.82. The van der Waals surface area contributed by atoms with E-state index in [4.69, 9.17) is 0 Å². The fourth-order valence-corrected chi connectivity index (χ4v) is 3.21. The maximum absolute atomic E-state index is 12.9. The van der Waals surface area contributed by atoms with Crippen LogP contribution in [-0.2, 0) is 16.1 Å². The van der Waals surface area contributed by atoms with Crippen LogP contribution in [0.1, 0.15) is 20.3 Å². The SMILES string of the molecule is CC(C)CCn1c(SCC(=O)NCC(=O)N(C)C)nc2ccccc2c1=O. The summed E-state index contributed by atoms with van der Waals surface area (Å²) in [7, 11) is 3.27. The quantitative estimate of drug-likeness (QED) is 0.548. The van der Waals surface area contributed by atoms with Gasteiger partial charge in [-0.15, -0.1) is 0 Å². The van der Waals surface area contributed by atoms with E-state index >= 15 is 0 Å². The Labute approximate surface area is 163 Å². The maximum Gasteiger partial charge on any atom is 0.262 e. The average Bonchev–Trinajstić information content (AvgIpc) is 2.63. The second kappa shape index (κ2) is 9.55. The summed E-state index contributed by atoms with van der Waals surface area (Å²) in [6.07, 6.45) is 0.844. The fraction of sp³-hybridized carbons (Fsp3) is 0.474. The minimum atomic E-state index is -0.270. The van der Waals surface area contributed by atoms with E-state index in [1.54, 1.807) is 30.8 Å². The number of carbonyl (C=O) groups is 2. The summed E-state index contributed by atoms with van der Waals surface area (Å²) in [5.74, 6) is 0.0910. The number of carbonyl (C=O) groups excluding carboxylic acids is 2. The van der Waals surface area contributed by atoms with Crippen molar-refractivity contribution < 1.29 is 9.59 Å². The van der Waals surface area contributed by atoms with Crippen molar-refractivity contribution in [1.82, 2.24) is 19.8 Å². The molecule has 2 aromatic rings. The van der Waals surface area contributed by atoms with Gasteiger partial charge in [-0.3, -0.25) is 19.0 Å². The lowest BCUT2D eigenvalue weighted by molar-refractivity contribution is -0.130. The van der Waals surface area contributed by atoms with E-state index < -0.39 is 0 Å². The smallest absolute Gasteiger partial charge is 0.262 e. The van der Waals surface area contributed by atoms with Crippen LogP contribution in [0.2, 0.25) is 0 Å². The van der Waals surface area contributed by atoms with E-state index in [2.05, 4.69) is 24.1 Å². The molecule has 0 saturated carbocycles. The topological polar surface area (TPSA) is 84.3 Å². The monoisotopic (exact) mass is 390 g/mol. The molecule has 1 aromatic heterocycles. The van der Waals surface area contributed by atoms with Crippen molar-refractivity contribution in [3.05, 3.63) is 34.6 Å². The Hall–Kier alpha value is -2.35. The van der Waals surface area contributed by atoms with Crippen LogP contribution >= 0.6 is 11.8 Å². The van der Waals surface area contributed by atoms with E-state index in [-0.39, 0.29) is 29.7 Å². The van der Waals surface area contributed by atoms with E-state index in [1.165, 1.54) is 16.7 Å². The molecule has 1 aromatic carbocycles. The summed E-state index contributed by atoms with van der Waals surface area (Å²) >= 11 is 1.21. The summed E-state index contributed by atoms with van der Waals surface area (Å²) in [6, 6.07) is 7.22. The van der Waals surface area contributed by atoms with Gasteiger partial charge in [0.1, 0.15) is 0 Å². The summed E-state index contributed by atoms with van der Waals surface area (Å²) in [5.41, 5.74) is 0.529. The number of fused-ring (bicyclic) bond motifs is 1. The zero-order chi connectivity index (χ0) is 20.0. The molecule has 2 rings (SSSR count). The van der Waals surface area contributed by atoms with Gasteiger partial charge >= 0.3 is 0 Å². The highest BCUT2D eigenvalue weighted by Crippen LogP contribution is 2.18. The highest BCUT2D eigenvalue weighted by molar-refractivity contribution is 7.99. The maximum atomic E-state index is 12.9. The number of thioether (sulfide) groups is 1. The summed E-state index contributed by atoms with van der Waals surface area (Å²) < 4.78 is 1.64. The van der Waals surface area contributed by atoms with E-state index in [0.29, 0.717) is 28.5 Å². The van der Waals surface area contributed by atoms with E-state index in [9.17, 15) is 14.4 Å². The normalized spacial score (nSPS) is 11.0. The van der Waals surface area contributed by atoms with Crippen molar-refractivity contribution in [2.24, 2.45) is 5.92 Å². The van der Waals surface area contributed by atoms with Gasteiger partial charge in [-0.1, -0.05) is 37.7 Å². The highest BCUT2D eigenvalue weighted by Gasteiger charge is 2.14. The molecule has 0 unspecified atom stereocenters. The van der Waals surface area contributed by atoms with E-state index in [0.717, 1.165) is 6.42 Å². The van der Waals surface area contributed by atoms with Gasteiger partial charge in [0.15, 0.2) is 5.16 Å². The molecule has 0 aliphatic carbocycles. The molecule has 0 spiro atoms. The summed E-state index contributed by atoms with van der Waals surface area (Å²) in [5, 5.41) is 3.69. The number of nitrogens with zero attached hydrogens (tertiary/aromatic N) is 3. The van der Waals surface area contributed by atoms with Crippen LogP contribution in [-0.4, -0.2) is 52.7 Å². The molecule has 0 fully saturated rings. The van der Waals surface area contributed by atoms with E-state index in [1.807, 2.05) is 12.1 Å². The van der Waals surface area contributed by atoms with Crippen LogP contribution < -0.4 is 10.9 Å². The number of likely N-dealkylation sites (N-methyl/N-ethyl adjacent to an activating group) is 1. The Morgan fingerprint density at radius 3 is 2.63 bits per heavy atom. The molecular weight excluding hydrogens is 364 g/mol. The third-order valence-corrected chi connectivity index (χ3v) is 5.00. The van der Waals surface area contributed by atoms with Crippen molar-refractivity contribution >= 4 is 34.5 Å². The molecule has 7 nitrogen and oxygen atoms in total. The fourth-order valence-electron chi connectivity index (χ4n) is 2.36. The zero-order valence-corrected chi connectivity index (χ0v) is 17.0. The van der Waals surface area contributed by atoms with Gasteiger partial charge in [-0.25, -0.2) is 4.98 Å². The highest BCUT2D eigenvalue weighted by atomic mass is 32.2. The molecule has 0 aliphatic rings. The van der Waals surface area contributed by atoms with Crippen molar-refractivity contribution in [2.75, 3.05) is 26.4 Å². The molecule has 2 amide bonds. The first kappa shape index (κ1) is 21.0. The molecule has 0 radical (unpaired) electrons. The Kier molecular flexibility index (Phi) is 7.41. The van der Waals surface area contributed by atoms with Crippen LogP contribution in [0.25, 0.3) is 10.9 Å². The largest absolute Gasteiger partial charge is 0.347 e. The van der Waals surface area contributed by atoms with Gasteiger partial charge in [0.25, 0.3) is 5.56 Å². The summed E-state index contributed by atoms with van der Waals surface area (Å²) in [4.78, 5) is 42.5. The number of nitrogens with one attached hydrogen (secondary N) is 1. The lowest BCUT2D eigenvalue weighted by atomic mass is 10.1. The number of rotatable bonds is 8. The van der Waals surface area contributed by atoms with Crippen molar-refractivity contribution in [3.8, 4) is 0 Å². The number of aromatic nitrogens is 2. The first-order valence-corrected chi connectivity index (χ1v) is 9.87. The summed E-state index contributed by atoms with van der Waals surface area (Å²) in [6.45, 7) is 4.71. The molecule has 0 saturated heterocycles. The minimum Gasteiger partial charge on any atom is -0.347 e. The predicted octanol–water partition coefficient (Wildman–Crippen LogP) is 1.74. The number of amides is 2. The Balaban J connectivity index is 2.17. The van der Waals surface area contributed by atoms with Crippen molar-refractivity contribution in [3.63, 3.8) is 0 Å². The standard InChI is InChI=1S/C19H26N4O3S/c1-13(2)9-10-23-18(26)14-7-5-6-8-15(14)21-19(23)27-12-16(24)20-11-17(25)22(3)4/h5-8,13H,9-12H2,1-4H3,(H,20,24). The zero-order valence-electron chi connectivity index (χ0n) is 16.2. The van der Waals surface area contributed by atoms with Gasteiger partial charge in [-0.05, 0) is 24.5 Å². The average molecular weight is 391 g/mol. The lowest BCUT2D eigenvalue weighted by Crippen LogP contribution is -2.37. The first-order chi connectivity index (χ1) is 12.8. The van der Waals surface area contributed by atoms with Gasteiger partial charge in [0.05, 0.1) is 23.2 Å². The molecule has 1 heterocycles. The molecule has 8 heteroatoms. The first-order valence-electron chi connectivity index (χ1n) is 8.88. The molecule has 146 valence electrons. The Bertz CT molecular complexity index is 877.